The fraction of sp³-hybridized carbons (Fsp3) is 1.00. The molecule has 0 aromatic rings. The molecule has 0 aliphatic carbocycles. The van der Waals surface area contributed by atoms with Gasteiger partial charge >= 0.3 is 0 Å². The first-order chi connectivity index (χ1) is 3.98. The molecule has 0 heterocycles. The summed E-state index contributed by atoms with van der Waals surface area (Å²) in [5.74, 6) is 0. The molecule has 0 aliphatic rings. The molecule has 0 saturated heterocycles. The van der Waals surface area contributed by atoms with E-state index in [1.165, 1.54) is 0 Å². The van der Waals surface area contributed by atoms with Gasteiger partial charge in [0, 0.05) is 0 Å². The highest BCUT2D eigenvalue weighted by atomic mass is 35.5. The first-order valence-electron chi connectivity index (χ1n) is 2.72. The normalized spacial score (nSPS) is 15.7. The third-order valence-electron chi connectivity index (χ3n) is 0.919. The van der Waals surface area contributed by atoms with Gasteiger partial charge in [0.05, 0.1) is 5.38 Å². The largest absolute Gasteiger partial charge is 0.176 e. The Bertz CT molecular complexity index is 78.8. The molecule has 4 heteroatoms. The summed E-state index contributed by atoms with van der Waals surface area (Å²) in [6.45, 7) is 2.02. The summed E-state index contributed by atoms with van der Waals surface area (Å²) in [4.78, 5) is 0. The zero-order valence-electron chi connectivity index (χ0n) is 5.07. The lowest BCUT2D eigenvalue weighted by Crippen LogP contribution is -2.18. The second-order valence-corrected chi connectivity index (χ2v) is 4.99. The van der Waals surface area contributed by atoms with E-state index in [4.69, 9.17) is 34.8 Å². The SMILES string of the molecule is CCCC(Cl)C(S)(Cl)Cl. The average molecular weight is 208 g/mol. The van der Waals surface area contributed by atoms with Gasteiger partial charge in [-0.2, -0.15) is 0 Å². The summed E-state index contributed by atoms with van der Waals surface area (Å²) in [6.07, 6.45) is 1.76. The Morgan fingerprint density at radius 3 is 2.11 bits per heavy atom. The second-order valence-electron chi connectivity index (χ2n) is 1.84. The highest BCUT2D eigenvalue weighted by Crippen LogP contribution is 2.35. The van der Waals surface area contributed by atoms with Crippen LogP contribution in [-0.2, 0) is 0 Å². The van der Waals surface area contributed by atoms with E-state index in [2.05, 4.69) is 12.6 Å². The summed E-state index contributed by atoms with van der Waals surface area (Å²) in [6, 6.07) is 0. The fourth-order valence-corrected chi connectivity index (χ4v) is 0.993. The summed E-state index contributed by atoms with van der Waals surface area (Å²) < 4.78 is -1.09. The molecule has 1 unspecified atom stereocenters. The van der Waals surface area contributed by atoms with Crippen LogP contribution in [0.2, 0.25) is 0 Å². The Morgan fingerprint density at radius 2 is 2.00 bits per heavy atom. The molecule has 0 saturated carbocycles. The smallest absolute Gasteiger partial charge is 0.139 e. The minimum absolute atomic E-state index is 0.269. The molecular formula is C5H9Cl3S. The summed E-state index contributed by atoms with van der Waals surface area (Å²) in [5, 5.41) is -0.269. The summed E-state index contributed by atoms with van der Waals surface area (Å²) in [5.41, 5.74) is 0. The van der Waals surface area contributed by atoms with Crippen molar-refractivity contribution in [2.24, 2.45) is 0 Å². The van der Waals surface area contributed by atoms with Crippen LogP contribution in [-0.4, -0.2) is 9.04 Å². The third kappa shape index (κ3) is 4.60. The van der Waals surface area contributed by atoms with Gasteiger partial charge in [-0.1, -0.05) is 36.5 Å². The molecule has 0 N–H and O–H groups in total. The Morgan fingerprint density at radius 1 is 1.56 bits per heavy atom. The minimum Gasteiger partial charge on any atom is -0.139 e. The van der Waals surface area contributed by atoms with Crippen LogP contribution in [0.3, 0.4) is 0 Å². The Balaban J connectivity index is 3.59. The molecule has 0 aromatic carbocycles. The Kier molecular flexibility index (Phi) is 4.74. The third-order valence-corrected chi connectivity index (χ3v) is 2.68. The van der Waals surface area contributed by atoms with Gasteiger partial charge in [-0.05, 0) is 6.42 Å². The van der Waals surface area contributed by atoms with Crippen molar-refractivity contribution in [2.75, 3.05) is 0 Å². The lowest BCUT2D eigenvalue weighted by Gasteiger charge is -2.17. The number of halogens is 3. The molecule has 1 atom stereocenters. The quantitative estimate of drug-likeness (QED) is 0.532. The van der Waals surface area contributed by atoms with E-state index in [1.54, 1.807) is 0 Å². The predicted molar refractivity (Wildman–Crippen MR) is 48.0 cm³/mol. The molecule has 0 bridgehead atoms. The first kappa shape index (κ1) is 10.2. The summed E-state index contributed by atoms with van der Waals surface area (Å²) >= 11 is 20.7. The van der Waals surface area contributed by atoms with Crippen molar-refractivity contribution in [3.63, 3.8) is 0 Å². The first-order valence-corrected chi connectivity index (χ1v) is 4.36. The van der Waals surface area contributed by atoms with Gasteiger partial charge < -0.3 is 0 Å². The van der Waals surface area contributed by atoms with Crippen molar-refractivity contribution in [3.8, 4) is 0 Å². The standard InChI is InChI=1S/C5H9Cl3S/c1-2-3-4(6)5(7,8)9/h4,9H,2-3H2,1H3. The van der Waals surface area contributed by atoms with Crippen molar-refractivity contribution in [1.29, 1.82) is 0 Å². The van der Waals surface area contributed by atoms with Crippen molar-refractivity contribution < 1.29 is 0 Å². The molecule has 0 radical (unpaired) electrons. The van der Waals surface area contributed by atoms with E-state index in [9.17, 15) is 0 Å². The molecule has 0 spiro atoms. The van der Waals surface area contributed by atoms with Gasteiger partial charge in [0.25, 0.3) is 0 Å². The number of hydrogen-bond acceptors (Lipinski definition) is 1. The fourth-order valence-electron chi connectivity index (χ4n) is 0.427. The van der Waals surface area contributed by atoms with Gasteiger partial charge in [-0.3, -0.25) is 0 Å². The van der Waals surface area contributed by atoms with E-state index in [1.807, 2.05) is 6.92 Å². The van der Waals surface area contributed by atoms with Gasteiger partial charge in [-0.25, -0.2) is 0 Å². The van der Waals surface area contributed by atoms with Crippen LogP contribution in [0.1, 0.15) is 19.8 Å². The zero-order valence-corrected chi connectivity index (χ0v) is 8.23. The van der Waals surface area contributed by atoms with E-state index in [-0.39, 0.29) is 5.38 Å². The number of hydrogen-bond donors (Lipinski definition) is 1. The van der Waals surface area contributed by atoms with Crippen LogP contribution in [0, 0.1) is 0 Å². The van der Waals surface area contributed by atoms with Crippen LogP contribution in [0.15, 0.2) is 0 Å². The second kappa shape index (κ2) is 4.17. The number of rotatable bonds is 3. The molecular weight excluding hydrogens is 198 g/mol. The Labute approximate surface area is 76.3 Å². The van der Waals surface area contributed by atoms with E-state index in [0.717, 1.165) is 12.8 Å². The molecule has 0 nitrogen and oxygen atoms in total. The van der Waals surface area contributed by atoms with Crippen LogP contribution >= 0.6 is 47.4 Å². The highest BCUT2D eigenvalue weighted by molar-refractivity contribution is 7.85. The minimum atomic E-state index is -1.09. The lowest BCUT2D eigenvalue weighted by molar-refractivity contribution is 0.748. The molecule has 0 amide bonds. The van der Waals surface area contributed by atoms with Gasteiger partial charge in [-0.15, -0.1) is 24.2 Å². The highest BCUT2D eigenvalue weighted by Gasteiger charge is 2.27. The maximum absolute atomic E-state index is 5.72. The van der Waals surface area contributed by atoms with Crippen LogP contribution in [0.5, 0.6) is 0 Å². The maximum atomic E-state index is 5.72. The van der Waals surface area contributed by atoms with Crippen molar-refractivity contribution in [3.05, 3.63) is 0 Å². The number of thiol groups is 1. The lowest BCUT2D eigenvalue weighted by atomic mass is 10.3. The monoisotopic (exact) mass is 206 g/mol. The van der Waals surface area contributed by atoms with Crippen LogP contribution in [0.4, 0.5) is 0 Å². The predicted octanol–water partition coefficient (Wildman–Crippen LogP) is 3.46. The topological polar surface area (TPSA) is 0 Å². The maximum Gasteiger partial charge on any atom is 0.176 e. The van der Waals surface area contributed by atoms with Gasteiger partial charge in [0.2, 0.25) is 0 Å². The molecule has 0 rings (SSSR count). The molecule has 56 valence electrons. The van der Waals surface area contributed by atoms with Crippen LogP contribution in [0.25, 0.3) is 0 Å². The summed E-state index contributed by atoms with van der Waals surface area (Å²) in [7, 11) is 0. The van der Waals surface area contributed by atoms with Crippen LogP contribution < -0.4 is 0 Å². The molecule has 0 aliphatic heterocycles. The molecule has 9 heavy (non-hydrogen) atoms. The molecule has 0 aromatic heterocycles. The van der Waals surface area contributed by atoms with E-state index >= 15 is 0 Å². The van der Waals surface area contributed by atoms with Gasteiger partial charge in [0.15, 0.2) is 3.67 Å². The number of alkyl halides is 3. The van der Waals surface area contributed by atoms with Crippen molar-refractivity contribution >= 4 is 47.4 Å². The van der Waals surface area contributed by atoms with E-state index < -0.39 is 3.67 Å². The van der Waals surface area contributed by atoms with E-state index in [0.29, 0.717) is 0 Å². The van der Waals surface area contributed by atoms with Crippen molar-refractivity contribution in [1.82, 2.24) is 0 Å². The zero-order chi connectivity index (χ0) is 7.49. The Hall–Kier alpha value is 1.22. The van der Waals surface area contributed by atoms with Gasteiger partial charge in [0.1, 0.15) is 0 Å². The van der Waals surface area contributed by atoms with Crippen molar-refractivity contribution in [2.45, 2.75) is 28.8 Å². The molecule has 0 fully saturated rings. The average Bonchev–Trinajstić information content (AvgIpc) is 1.64.